The molecule has 1 saturated heterocycles. The number of aliphatic hydroxyl groups is 2. The normalized spacial score (nSPS) is 27.6. The van der Waals surface area contributed by atoms with Crippen LogP contribution in [0.15, 0.2) is 42.6 Å². The second-order valence-electron chi connectivity index (χ2n) is 6.79. The molecule has 0 saturated carbocycles. The van der Waals surface area contributed by atoms with E-state index in [4.69, 9.17) is 9.47 Å². The number of ether oxygens (including phenoxy) is 2. The molecule has 158 valence electrons. The number of methoxy groups -OCH3 is 1. The van der Waals surface area contributed by atoms with Crippen LogP contribution >= 0.6 is 0 Å². The van der Waals surface area contributed by atoms with Crippen LogP contribution in [0.5, 0.6) is 0 Å². The van der Waals surface area contributed by atoms with Crippen molar-refractivity contribution in [1.82, 2.24) is 4.98 Å². The molecule has 0 amide bonds. The first-order valence-corrected chi connectivity index (χ1v) is 8.98. The lowest BCUT2D eigenvalue weighted by Crippen LogP contribution is -2.59. The van der Waals surface area contributed by atoms with E-state index in [2.05, 4.69) is 10.3 Å². The molecular formula is C19H23F3N3O4+. The number of aliphatic hydroxyl groups excluding tert-OH is 2. The number of aromatic nitrogens is 2. The van der Waals surface area contributed by atoms with Gasteiger partial charge in [-0.15, -0.1) is 0 Å². The summed E-state index contributed by atoms with van der Waals surface area (Å²) in [6, 6.07) is 9.08. The number of rotatable bonds is 5. The first-order chi connectivity index (χ1) is 13.8. The van der Waals surface area contributed by atoms with E-state index >= 15 is 0 Å². The molecule has 7 nitrogen and oxygen atoms in total. The Balaban J connectivity index is 2.01. The zero-order valence-electron chi connectivity index (χ0n) is 15.9. The Labute approximate surface area is 165 Å². The lowest BCUT2D eigenvalue weighted by atomic mass is 9.89. The molecule has 0 radical (unpaired) electrons. The van der Waals surface area contributed by atoms with E-state index in [1.807, 2.05) is 6.07 Å². The maximum absolute atomic E-state index is 13.1. The molecule has 1 fully saturated rings. The van der Waals surface area contributed by atoms with Gasteiger partial charge in [0.25, 0.3) is 0 Å². The average molecular weight is 414 g/mol. The molecule has 2 aromatic rings. The van der Waals surface area contributed by atoms with Gasteiger partial charge in [-0.2, -0.15) is 13.2 Å². The summed E-state index contributed by atoms with van der Waals surface area (Å²) in [5.41, 5.74) is -0.333. The fourth-order valence-corrected chi connectivity index (χ4v) is 3.40. The van der Waals surface area contributed by atoms with Gasteiger partial charge in [-0.3, -0.25) is 5.32 Å². The van der Waals surface area contributed by atoms with E-state index in [-0.39, 0.29) is 5.95 Å². The molecule has 1 aromatic carbocycles. The summed E-state index contributed by atoms with van der Waals surface area (Å²) in [5.74, 6) is -0.0638. The summed E-state index contributed by atoms with van der Waals surface area (Å²) in [6.07, 6.45) is -7.05. The summed E-state index contributed by atoms with van der Waals surface area (Å²) in [4.78, 5) is 3.68. The molecule has 2 heterocycles. The van der Waals surface area contributed by atoms with Crippen LogP contribution in [-0.4, -0.2) is 53.3 Å². The van der Waals surface area contributed by atoms with Crippen molar-refractivity contribution in [3.8, 4) is 0 Å². The third-order valence-corrected chi connectivity index (χ3v) is 4.90. The minimum absolute atomic E-state index is 0.0638. The van der Waals surface area contributed by atoms with Crippen molar-refractivity contribution in [2.45, 2.75) is 36.6 Å². The van der Waals surface area contributed by atoms with E-state index in [0.29, 0.717) is 5.56 Å². The number of nitrogens with zero attached hydrogens (tertiary/aromatic N) is 2. The summed E-state index contributed by atoms with van der Waals surface area (Å²) in [5, 5.41) is 23.1. The Morgan fingerprint density at radius 2 is 1.93 bits per heavy atom. The Bertz CT molecular complexity index is 822. The predicted octanol–water partition coefficient (Wildman–Crippen LogP) is 1.21. The topological polar surface area (TPSA) is 87.7 Å². The summed E-state index contributed by atoms with van der Waals surface area (Å²) < 4.78 is 52.0. The van der Waals surface area contributed by atoms with Crippen LogP contribution in [0.3, 0.4) is 0 Å². The van der Waals surface area contributed by atoms with Gasteiger partial charge in [0.1, 0.15) is 30.5 Å². The summed E-state index contributed by atoms with van der Waals surface area (Å²) >= 11 is 0. The highest BCUT2D eigenvalue weighted by Crippen LogP contribution is 2.35. The molecule has 3 N–H and O–H groups in total. The molecule has 0 aliphatic carbocycles. The van der Waals surface area contributed by atoms with Gasteiger partial charge in [-0.05, 0) is 5.56 Å². The van der Waals surface area contributed by atoms with Crippen LogP contribution in [0.4, 0.5) is 19.1 Å². The van der Waals surface area contributed by atoms with E-state index in [0.717, 1.165) is 6.07 Å². The SMILES string of the molecule is CO[C@H]1[C@@H](O)[C@@H](CO)O[C@@H](c2ccccc2)[C@@H]1Nc1nc(C(F)(F)F)cc[n+]1C. The number of hydrogen-bond acceptors (Lipinski definition) is 6. The Hall–Kier alpha value is -2.27. The number of benzene rings is 1. The number of alkyl halides is 3. The monoisotopic (exact) mass is 414 g/mol. The maximum Gasteiger partial charge on any atom is 0.449 e. The van der Waals surface area contributed by atoms with Crippen molar-refractivity contribution in [3.05, 3.63) is 53.9 Å². The van der Waals surface area contributed by atoms with Crippen LogP contribution in [-0.2, 0) is 22.7 Å². The molecule has 0 spiro atoms. The number of aryl methyl sites for hydroxylation is 1. The smallest absolute Gasteiger partial charge is 0.394 e. The van der Waals surface area contributed by atoms with Crippen LogP contribution < -0.4 is 9.88 Å². The fraction of sp³-hybridized carbons (Fsp3) is 0.474. The minimum Gasteiger partial charge on any atom is -0.394 e. The molecule has 0 unspecified atom stereocenters. The lowest BCUT2D eigenvalue weighted by molar-refractivity contribution is -0.660. The Kier molecular flexibility index (Phi) is 6.37. The number of halogens is 3. The zero-order chi connectivity index (χ0) is 21.2. The molecule has 29 heavy (non-hydrogen) atoms. The van der Waals surface area contributed by atoms with Crippen molar-refractivity contribution >= 4 is 5.95 Å². The van der Waals surface area contributed by atoms with E-state index in [1.54, 1.807) is 31.3 Å². The maximum atomic E-state index is 13.1. The van der Waals surface area contributed by atoms with Crippen LogP contribution in [0.25, 0.3) is 0 Å². The second kappa shape index (κ2) is 8.62. The van der Waals surface area contributed by atoms with Crippen LogP contribution in [0.2, 0.25) is 0 Å². The highest BCUT2D eigenvalue weighted by molar-refractivity contribution is 5.29. The van der Waals surface area contributed by atoms with Gasteiger partial charge in [0.2, 0.25) is 5.69 Å². The molecule has 0 bridgehead atoms. The molecule has 1 aromatic heterocycles. The van der Waals surface area contributed by atoms with E-state index < -0.39 is 48.9 Å². The average Bonchev–Trinajstić information content (AvgIpc) is 2.70. The zero-order valence-corrected chi connectivity index (χ0v) is 15.9. The van der Waals surface area contributed by atoms with Crippen LogP contribution in [0, 0.1) is 0 Å². The van der Waals surface area contributed by atoms with Crippen molar-refractivity contribution in [1.29, 1.82) is 0 Å². The first kappa shape index (κ1) is 21.4. The van der Waals surface area contributed by atoms with Crippen molar-refractivity contribution in [3.63, 3.8) is 0 Å². The molecule has 1 aliphatic rings. The van der Waals surface area contributed by atoms with Gasteiger partial charge in [-0.25, -0.2) is 4.57 Å². The van der Waals surface area contributed by atoms with E-state index in [9.17, 15) is 23.4 Å². The summed E-state index contributed by atoms with van der Waals surface area (Å²) in [7, 11) is 2.93. The quantitative estimate of drug-likeness (QED) is 0.638. The largest absolute Gasteiger partial charge is 0.449 e. The molecular weight excluding hydrogens is 391 g/mol. The van der Waals surface area contributed by atoms with Gasteiger partial charge >= 0.3 is 12.1 Å². The van der Waals surface area contributed by atoms with Gasteiger partial charge in [0.05, 0.1) is 19.9 Å². The predicted molar refractivity (Wildman–Crippen MR) is 95.8 cm³/mol. The molecule has 1 aliphatic heterocycles. The molecule has 3 rings (SSSR count). The highest BCUT2D eigenvalue weighted by Gasteiger charge is 2.48. The fourth-order valence-electron chi connectivity index (χ4n) is 3.40. The Morgan fingerprint density at radius 1 is 1.24 bits per heavy atom. The standard InChI is InChI=1S/C19H22F3N3O4/c1-25-9-8-13(19(20,21)22)23-18(25)24-14-16(11-6-4-3-5-7-11)29-12(10-26)15(27)17(14)28-2/h3-9,12,14-17,26-27H,10H2,1-2H3/p+1/t12-,14+,15+,16+,17-/m1/s1. The second-order valence-corrected chi connectivity index (χ2v) is 6.79. The molecule has 5 atom stereocenters. The van der Waals surface area contributed by atoms with E-state index in [1.165, 1.54) is 17.9 Å². The molecule has 10 heteroatoms. The first-order valence-electron chi connectivity index (χ1n) is 8.98. The van der Waals surface area contributed by atoms with Crippen LogP contribution in [0.1, 0.15) is 17.4 Å². The van der Waals surface area contributed by atoms with Gasteiger partial charge in [0, 0.05) is 13.2 Å². The number of hydrogen-bond donors (Lipinski definition) is 3. The Morgan fingerprint density at radius 3 is 2.52 bits per heavy atom. The lowest BCUT2D eigenvalue weighted by Gasteiger charge is -2.42. The van der Waals surface area contributed by atoms with Gasteiger partial charge in [-0.1, -0.05) is 35.3 Å². The minimum atomic E-state index is -4.60. The van der Waals surface area contributed by atoms with Gasteiger partial charge in [0.15, 0.2) is 0 Å². The number of nitrogens with one attached hydrogen (secondary N) is 1. The highest BCUT2D eigenvalue weighted by atomic mass is 19.4. The van der Waals surface area contributed by atoms with Crippen molar-refractivity contribution < 1.29 is 37.4 Å². The van der Waals surface area contributed by atoms with Crippen molar-refractivity contribution in [2.24, 2.45) is 7.05 Å². The van der Waals surface area contributed by atoms with Gasteiger partial charge < -0.3 is 19.7 Å². The van der Waals surface area contributed by atoms with Crippen molar-refractivity contribution in [2.75, 3.05) is 19.0 Å². The summed E-state index contributed by atoms with van der Waals surface area (Å²) in [6.45, 7) is -0.438. The number of anilines is 1. The third-order valence-electron chi connectivity index (χ3n) is 4.90. The third kappa shape index (κ3) is 4.50.